The maximum Gasteiger partial charge on any atom is 0.275 e. The highest BCUT2D eigenvalue weighted by Crippen LogP contribution is 2.31. The standard InChI is InChI=1S/C16H16ClFN2O3/c17-13-14(16(22)19-12-6-1-9(7-12)8-21)20-23-15(13)10-2-4-11(18)5-3-10/h2-5,9,12,21H,1,6-8H2,(H,19,22)/t9-,12+/m0/s1. The molecule has 0 bridgehead atoms. The van der Waals surface area contributed by atoms with Gasteiger partial charge in [0.05, 0.1) is 0 Å². The fourth-order valence-electron chi connectivity index (χ4n) is 2.83. The molecule has 0 radical (unpaired) electrons. The lowest BCUT2D eigenvalue weighted by Gasteiger charge is -2.11. The summed E-state index contributed by atoms with van der Waals surface area (Å²) in [5, 5.41) is 15.8. The van der Waals surface area contributed by atoms with Crippen LogP contribution in [0, 0.1) is 11.7 Å². The Kier molecular flexibility index (Phi) is 4.63. The maximum absolute atomic E-state index is 13.0. The van der Waals surface area contributed by atoms with Crippen molar-refractivity contribution in [1.82, 2.24) is 10.5 Å². The third-order valence-corrected chi connectivity index (χ3v) is 4.44. The first-order valence-corrected chi connectivity index (χ1v) is 7.79. The third kappa shape index (κ3) is 3.38. The van der Waals surface area contributed by atoms with E-state index in [0.717, 1.165) is 19.3 Å². The Hall–Kier alpha value is -1.92. The van der Waals surface area contributed by atoms with E-state index in [0.29, 0.717) is 5.56 Å². The van der Waals surface area contributed by atoms with Crippen LogP contribution in [0.15, 0.2) is 28.8 Å². The zero-order chi connectivity index (χ0) is 16.4. The van der Waals surface area contributed by atoms with Crippen molar-refractivity contribution in [2.24, 2.45) is 5.92 Å². The largest absolute Gasteiger partial charge is 0.396 e. The van der Waals surface area contributed by atoms with Crippen molar-refractivity contribution in [2.45, 2.75) is 25.3 Å². The lowest BCUT2D eigenvalue weighted by Crippen LogP contribution is -2.33. The predicted octanol–water partition coefficient (Wildman–Crippen LogP) is 3.02. The number of nitrogens with zero attached hydrogens (tertiary/aromatic N) is 1. The average Bonchev–Trinajstić information content (AvgIpc) is 3.14. The van der Waals surface area contributed by atoms with Gasteiger partial charge in [-0.3, -0.25) is 4.79 Å². The van der Waals surface area contributed by atoms with Crippen molar-refractivity contribution in [3.63, 3.8) is 0 Å². The van der Waals surface area contributed by atoms with Gasteiger partial charge in [-0.2, -0.15) is 0 Å². The van der Waals surface area contributed by atoms with Crippen LogP contribution in [-0.4, -0.2) is 28.8 Å². The second kappa shape index (κ2) is 6.68. The third-order valence-electron chi connectivity index (χ3n) is 4.09. The zero-order valence-electron chi connectivity index (χ0n) is 12.3. The summed E-state index contributed by atoms with van der Waals surface area (Å²) >= 11 is 6.18. The molecular formula is C16H16ClFN2O3. The number of aliphatic hydroxyl groups excluding tert-OH is 1. The number of hydrogen-bond donors (Lipinski definition) is 2. The molecule has 1 amide bonds. The highest BCUT2D eigenvalue weighted by molar-refractivity contribution is 6.35. The zero-order valence-corrected chi connectivity index (χ0v) is 13.0. The van der Waals surface area contributed by atoms with Gasteiger partial charge in [0.1, 0.15) is 10.8 Å². The number of amides is 1. The molecule has 1 fully saturated rings. The normalized spacial score (nSPS) is 20.7. The van der Waals surface area contributed by atoms with Gasteiger partial charge in [-0.1, -0.05) is 16.8 Å². The van der Waals surface area contributed by atoms with Crippen LogP contribution in [0.4, 0.5) is 4.39 Å². The van der Waals surface area contributed by atoms with Crippen LogP contribution in [0.1, 0.15) is 29.8 Å². The molecule has 0 saturated heterocycles. The van der Waals surface area contributed by atoms with Crippen molar-refractivity contribution in [3.8, 4) is 11.3 Å². The number of benzene rings is 1. The summed E-state index contributed by atoms with van der Waals surface area (Å²) in [7, 11) is 0. The van der Waals surface area contributed by atoms with Crippen LogP contribution in [0.5, 0.6) is 0 Å². The Morgan fingerprint density at radius 3 is 2.78 bits per heavy atom. The van der Waals surface area contributed by atoms with E-state index in [9.17, 15) is 9.18 Å². The molecule has 1 aromatic carbocycles. The smallest absolute Gasteiger partial charge is 0.275 e. The summed E-state index contributed by atoms with van der Waals surface area (Å²) in [5.41, 5.74) is 0.558. The highest BCUT2D eigenvalue weighted by Gasteiger charge is 2.28. The van der Waals surface area contributed by atoms with Crippen molar-refractivity contribution >= 4 is 17.5 Å². The van der Waals surface area contributed by atoms with E-state index in [-0.39, 0.29) is 40.9 Å². The van der Waals surface area contributed by atoms with Crippen LogP contribution >= 0.6 is 11.6 Å². The van der Waals surface area contributed by atoms with Crippen molar-refractivity contribution < 1.29 is 18.8 Å². The van der Waals surface area contributed by atoms with Crippen molar-refractivity contribution in [3.05, 3.63) is 40.8 Å². The van der Waals surface area contributed by atoms with E-state index in [1.807, 2.05) is 0 Å². The molecular weight excluding hydrogens is 323 g/mol. The van der Waals surface area contributed by atoms with E-state index in [1.54, 1.807) is 0 Å². The molecule has 1 aromatic heterocycles. The molecule has 3 rings (SSSR count). The number of carbonyl (C=O) groups is 1. The lowest BCUT2D eigenvalue weighted by molar-refractivity contribution is 0.0927. The van der Waals surface area contributed by atoms with Gasteiger partial charge in [-0.15, -0.1) is 0 Å². The topological polar surface area (TPSA) is 75.4 Å². The van der Waals surface area contributed by atoms with Gasteiger partial charge >= 0.3 is 0 Å². The maximum atomic E-state index is 13.0. The number of halogens is 2. The minimum atomic E-state index is -0.407. The Morgan fingerprint density at radius 2 is 2.13 bits per heavy atom. The molecule has 2 aromatic rings. The molecule has 1 saturated carbocycles. The second-order valence-corrected chi connectivity index (χ2v) is 6.09. The fourth-order valence-corrected chi connectivity index (χ4v) is 3.09. The number of aliphatic hydroxyl groups is 1. The van der Waals surface area contributed by atoms with Gasteiger partial charge < -0.3 is 14.9 Å². The van der Waals surface area contributed by atoms with Gasteiger partial charge in [0, 0.05) is 18.2 Å². The molecule has 122 valence electrons. The number of nitrogens with one attached hydrogen (secondary N) is 1. The first-order chi connectivity index (χ1) is 11.1. The summed E-state index contributed by atoms with van der Waals surface area (Å²) in [6.07, 6.45) is 2.44. The highest BCUT2D eigenvalue weighted by atomic mass is 35.5. The molecule has 0 unspecified atom stereocenters. The van der Waals surface area contributed by atoms with E-state index < -0.39 is 5.91 Å². The molecule has 1 aliphatic carbocycles. The molecule has 2 N–H and O–H groups in total. The van der Waals surface area contributed by atoms with Gasteiger partial charge in [0.25, 0.3) is 5.91 Å². The van der Waals surface area contributed by atoms with Crippen LogP contribution in [0.3, 0.4) is 0 Å². The molecule has 7 heteroatoms. The number of carbonyl (C=O) groups excluding carboxylic acids is 1. The monoisotopic (exact) mass is 338 g/mol. The Bertz CT molecular complexity index is 702. The summed E-state index contributed by atoms with van der Waals surface area (Å²) < 4.78 is 18.1. The molecule has 23 heavy (non-hydrogen) atoms. The quantitative estimate of drug-likeness (QED) is 0.898. The van der Waals surface area contributed by atoms with Crippen LogP contribution in [0.2, 0.25) is 5.02 Å². The number of rotatable bonds is 4. The van der Waals surface area contributed by atoms with Crippen LogP contribution in [-0.2, 0) is 0 Å². The van der Waals surface area contributed by atoms with Crippen molar-refractivity contribution in [2.75, 3.05) is 6.61 Å². The first kappa shape index (κ1) is 16.0. The van der Waals surface area contributed by atoms with E-state index in [1.165, 1.54) is 24.3 Å². The van der Waals surface area contributed by atoms with E-state index >= 15 is 0 Å². The fraction of sp³-hybridized carbons (Fsp3) is 0.375. The van der Waals surface area contributed by atoms with Gasteiger partial charge in [-0.05, 0) is 49.4 Å². The summed E-state index contributed by atoms with van der Waals surface area (Å²) in [5.74, 6) is -0.322. The predicted molar refractivity (Wildman–Crippen MR) is 82.6 cm³/mol. The lowest BCUT2D eigenvalue weighted by atomic mass is 10.1. The molecule has 1 aliphatic rings. The van der Waals surface area contributed by atoms with E-state index in [2.05, 4.69) is 10.5 Å². The van der Waals surface area contributed by atoms with Gasteiger partial charge in [0.15, 0.2) is 11.5 Å². The molecule has 1 heterocycles. The summed E-state index contributed by atoms with van der Waals surface area (Å²) in [6.45, 7) is 0.131. The van der Waals surface area contributed by atoms with Crippen LogP contribution in [0.25, 0.3) is 11.3 Å². The van der Waals surface area contributed by atoms with Crippen LogP contribution < -0.4 is 5.32 Å². The Morgan fingerprint density at radius 1 is 1.39 bits per heavy atom. The average molecular weight is 339 g/mol. The SMILES string of the molecule is O=C(N[C@@H]1CC[C@H](CO)C1)c1noc(-c2ccc(F)cc2)c1Cl. The minimum Gasteiger partial charge on any atom is -0.396 e. The Labute approximate surface area is 137 Å². The molecule has 0 spiro atoms. The summed E-state index contributed by atoms with van der Waals surface area (Å²) in [4.78, 5) is 12.3. The number of hydrogen-bond acceptors (Lipinski definition) is 4. The minimum absolute atomic E-state index is 0.00156. The second-order valence-electron chi connectivity index (χ2n) is 5.71. The number of aromatic nitrogens is 1. The molecule has 5 nitrogen and oxygen atoms in total. The van der Waals surface area contributed by atoms with Gasteiger partial charge in [0.2, 0.25) is 0 Å². The van der Waals surface area contributed by atoms with Gasteiger partial charge in [-0.25, -0.2) is 4.39 Å². The molecule has 2 atom stereocenters. The Balaban J connectivity index is 1.74. The van der Waals surface area contributed by atoms with Crippen molar-refractivity contribution in [1.29, 1.82) is 0 Å². The van der Waals surface area contributed by atoms with E-state index in [4.69, 9.17) is 21.2 Å². The first-order valence-electron chi connectivity index (χ1n) is 7.41. The molecule has 0 aliphatic heterocycles. The summed E-state index contributed by atoms with van der Waals surface area (Å²) in [6, 6.07) is 5.57.